The molecule has 0 aliphatic carbocycles. The monoisotopic (exact) mass is 491 g/mol. The summed E-state index contributed by atoms with van der Waals surface area (Å²) in [6, 6.07) is 16.6. The summed E-state index contributed by atoms with van der Waals surface area (Å²) >= 11 is 5.93. The van der Waals surface area contributed by atoms with E-state index in [0.29, 0.717) is 16.4 Å². The van der Waals surface area contributed by atoms with E-state index in [0.717, 1.165) is 0 Å². The fourth-order valence-electron chi connectivity index (χ4n) is 3.89. The highest BCUT2D eigenvalue weighted by atomic mass is 35.5. The van der Waals surface area contributed by atoms with Crippen LogP contribution in [0.1, 0.15) is 24.1 Å². The van der Waals surface area contributed by atoms with Gasteiger partial charge in [-0.3, -0.25) is 29.4 Å². The van der Waals surface area contributed by atoms with Gasteiger partial charge in [-0.15, -0.1) is 0 Å². The molecule has 0 radical (unpaired) electrons. The lowest BCUT2D eigenvalue weighted by Crippen LogP contribution is -2.29. The molecule has 1 fully saturated rings. The molecule has 1 aliphatic rings. The number of anilines is 2. The predicted molar refractivity (Wildman–Crippen MR) is 130 cm³/mol. The molecule has 0 aromatic heterocycles. The number of halogens is 1. The van der Waals surface area contributed by atoms with Crippen LogP contribution in [-0.2, 0) is 14.4 Å². The molecule has 1 heterocycles. The smallest absolute Gasteiger partial charge is 0.300 e. The lowest BCUT2D eigenvalue weighted by Gasteiger charge is -2.25. The summed E-state index contributed by atoms with van der Waals surface area (Å²) < 4.78 is 0. The van der Waals surface area contributed by atoms with Crippen molar-refractivity contribution in [2.75, 3.05) is 10.2 Å². The van der Waals surface area contributed by atoms with Crippen LogP contribution in [0, 0.1) is 10.1 Å². The summed E-state index contributed by atoms with van der Waals surface area (Å²) in [5.74, 6) is -2.57. The third-order valence-corrected chi connectivity index (χ3v) is 5.68. The third-order valence-electron chi connectivity index (χ3n) is 5.42. The fraction of sp³-hybridized carbons (Fsp3) is 0.0800. The summed E-state index contributed by atoms with van der Waals surface area (Å²) in [7, 11) is 0. The molecule has 9 nitrogen and oxygen atoms in total. The van der Waals surface area contributed by atoms with Crippen LogP contribution in [0.5, 0.6) is 0 Å². The maximum absolute atomic E-state index is 13.2. The van der Waals surface area contributed by atoms with E-state index in [1.54, 1.807) is 12.1 Å². The number of nitro groups is 1. The number of Topliss-reactive ketones (excluding diaryl/α,β-unsaturated/α-hetero) is 1. The first-order chi connectivity index (χ1) is 16.7. The van der Waals surface area contributed by atoms with Gasteiger partial charge >= 0.3 is 0 Å². The molecule has 35 heavy (non-hydrogen) atoms. The highest BCUT2D eigenvalue weighted by Crippen LogP contribution is 2.43. The first kappa shape index (κ1) is 23.7. The number of aliphatic hydroxyl groups is 1. The van der Waals surface area contributed by atoms with Gasteiger partial charge < -0.3 is 10.4 Å². The van der Waals surface area contributed by atoms with E-state index < -0.39 is 28.4 Å². The van der Waals surface area contributed by atoms with Gasteiger partial charge in [-0.1, -0.05) is 23.7 Å². The summed E-state index contributed by atoms with van der Waals surface area (Å²) in [6.07, 6.45) is 0. The van der Waals surface area contributed by atoms with Crippen molar-refractivity contribution in [3.05, 3.63) is 105 Å². The Labute approximate surface area is 204 Å². The van der Waals surface area contributed by atoms with Crippen LogP contribution in [-0.4, -0.2) is 27.6 Å². The van der Waals surface area contributed by atoms with Gasteiger partial charge in [0.25, 0.3) is 17.4 Å². The van der Waals surface area contributed by atoms with Crippen molar-refractivity contribution in [3.63, 3.8) is 0 Å². The van der Waals surface area contributed by atoms with Gasteiger partial charge in [0.05, 0.1) is 16.5 Å². The molecule has 1 aliphatic heterocycles. The number of carbonyl (C=O) groups excluding carboxylic acids is 3. The van der Waals surface area contributed by atoms with Gasteiger partial charge in [0.2, 0.25) is 5.91 Å². The van der Waals surface area contributed by atoms with Gasteiger partial charge in [-0.05, 0) is 54.1 Å². The summed E-state index contributed by atoms with van der Waals surface area (Å²) in [6.45, 7) is 1.35. The van der Waals surface area contributed by atoms with Crippen LogP contribution in [0.25, 0.3) is 5.76 Å². The van der Waals surface area contributed by atoms with Crippen LogP contribution in [0.4, 0.5) is 17.1 Å². The van der Waals surface area contributed by atoms with Gasteiger partial charge in [-0.25, -0.2) is 0 Å². The molecule has 3 aromatic rings. The average molecular weight is 492 g/mol. The minimum absolute atomic E-state index is 0.219. The molecule has 1 unspecified atom stereocenters. The Morgan fingerprint density at radius 1 is 1.06 bits per heavy atom. The van der Waals surface area contributed by atoms with Crippen molar-refractivity contribution in [1.82, 2.24) is 0 Å². The predicted octanol–water partition coefficient (Wildman–Crippen LogP) is 4.83. The lowest BCUT2D eigenvalue weighted by atomic mass is 9.95. The van der Waals surface area contributed by atoms with Gasteiger partial charge in [-0.2, -0.15) is 0 Å². The number of hydrogen-bond donors (Lipinski definition) is 2. The molecular formula is C25H18ClN3O6. The molecule has 10 heteroatoms. The van der Waals surface area contributed by atoms with Gasteiger partial charge in [0.15, 0.2) is 0 Å². The van der Waals surface area contributed by atoms with Gasteiger partial charge in [0, 0.05) is 41.0 Å². The number of amides is 2. The third kappa shape index (κ3) is 4.62. The number of non-ortho nitro benzene ring substituents is 1. The Bertz CT molecular complexity index is 1380. The Kier molecular flexibility index (Phi) is 6.35. The highest BCUT2D eigenvalue weighted by Gasteiger charge is 2.47. The molecule has 3 aromatic carbocycles. The molecule has 2 N–H and O–H groups in total. The van der Waals surface area contributed by atoms with E-state index in [1.807, 2.05) is 0 Å². The molecule has 176 valence electrons. The first-order valence-corrected chi connectivity index (χ1v) is 10.7. The topological polar surface area (TPSA) is 130 Å². The Balaban J connectivity index is 1.90. The number of rotatable bonds is 5. The average Bonchev–Trinajstić information content (AvgIpc) is 3.10. The van der Waals surface area contributed by atoms with E-state index >= 15 is 0 Å². The minimum Gasteiger partial charge on any atom is -0.507 e. The van der Waals surface area contributed by atoms with E-state index in [4.69, 9.17) is 11.6 Å². The molecule has 0 spiro atoms. The van der Waals surface area contributed by atoms with Crippen LogP contribution in [0.15, 0.2) is 78.4 Å². The van der Waals surface area contributed by atoms with Crippen LogP contribution in [0.3, 0.4) is 0 Å². The standard InChI is InChI=1S/C25H18ClN3O6/c1-14(30)27-18-9-11-19(12-10-18)28-22(16-3-2-4-20(13-16)29(34)35)21(24(32)25(28)33)23(31)15-5-7-17(26)8-6-15/h2-13,22,31H,1H3,(H,27,30). The summed E-state index contributed by atoms with van der Waals surface area (Å²) in [5.41, 5.74) is 0.840. The second-order valence-corrected chi connectivity index (χ2v) is 8.19. The van der Waals surface area contributed by atoms with E-state index in [2.05, 4.69) is 5.32 Å². The number of nitro benzene ring substituents is 1. The summed E-state index contributed by atoms with van der Waals surface area (Å²) in [4.78, 5) is 49.6. The van der Waals surface area contributed by atoms with E-state index in [9.17, 15) is 29.6 Å². The molecule has 4 rings (SSSR count). The second-order valence-electron chi connectivity index (χ2n) is 7.76. The quantitative estimate of drug-likeness (QED) is 0.173. The van der Waals surface area contributed by atoms with E-state index in [-0.39, 0.29) is 28.3 Å². The molecule has 1 saturated heterocycles. The largest absolute Gasteiger partial charge is 0.507 e. The SMILES string of the molecule is CC(=O)Nc1ccc(N2C(=O)C(=O)C(=C(O)c3ccc(Cl)cc3)C2c2cccc([N+](=O)[O-])c2)cc1. The molecule has 0 bridgehead atoms. The normalized spacial score (nSPS) is 16.9. The number of aliphatic hydroxyl groups excluding tert-OH is 1. The number of hydrogen-bond acceptors (Lipinski definition) is 6. The molecule has 1 atom stereocenters. The zero-order valence-electron chi connectivity index (χ0n) is 18.3. The number of nitrogens with one attached hydrogen (secondary N) is 1. The minimum atomic E-state index is -1.14. The van der Waals surface area contributed by atoms with Crippen molar-refractivity contribution in [3.8, 4) is 0 Å². The Hall–Kier alpha value is -4.50. The fourth-order valence-corrected chi connectivity index (χ4v) is 4.02. The van der Waals surface area contributed by atoms with Gasteiger partial charge in [0.1, 0.15) is 5.76 Å². The van der Waals surface area contributed by atoms with Crippen molar-refractivity contribution in [2.24, 2.45) is 0 Å². The van der Waals surface area contributed by atoms with Crippen molar-refractivity contribution in [2.45, 2.75) is 13.0 Å². The lowest BCUT2D eigenvalue weighted by molar-refractivity contribution is -0.384. The summed E-state index contributed by atoms with van der Waals surface area (Å²) in [5, 5.41) is 25.5. The second kappa shape index (κ2) is 9.40. The van der Waals surface area contributed by atoms with Crippen molar-refractivity contribution in [1.29, 1.82) is 0 Å². The van der Waals surface area contributed by atoms with Crippen molar-refractivity contribution >= 4 is 52.0 Å². The zero-order chi connectivity index (χ0) is 25.3. The molecular weight excluding hydrogens is 474 g/mol. The van der Waals surface area contributed by atoms with Crippen LogP contribution < -0.4 is 10.2 Å². The Morgan fingerprint density at radius 3 is 2.31 bits per heavy atom. The molecule has 2 amide bonds. The molecule has 0 saturated carbocycles. The van der Waals surface area contributed by atoms with Crippen molar-refractivity contribution < 1.29 is 24.4 Å². The van der Waals surface area contributed by atoms with Crippen LogP contribution in [0.2, 0.25) is 5.02 Å². The Morgan fingerprint density at radius 2 is 1.71 bits per heavy atom. The van der Waals surface area contributed by atoms with E-state index in [1.165, 1.54) is 72.5 Å². The number of nitrogens with zero attached hydrogens (tertiary/aromatic N) is 2. The maximum atomic E-state index is 13.2. The number of ketones is 1. The highest BCUT2D eigenvalue weighted by molar-refractivity contribution is 6.51. The van der Waals surface area contributed by atoms with Crippen LogP contribution >= 0.6 is 11.6 Å². The zero-order valence-corrected chi connectivity index (χ0v) is 19.0. The maximum Gasteiger partial charge on any atom is 0.300 e. The number of carbonyl (C=O) groups is 3. The first-order valence-electron chi connectivity index (χ1n) is 10.4. The number of benzene rings is 3.